The Labute approximate surface area is 159 Å². The zero-order valence-corrected chi connectivity index (χ0v) is 16.3. The third kappa shape index (κ3) is 5.16. The molecule has 0 saturated heterocycles. The van der Waals surface area contributed by atoms with E-state index in [9.17, 15) is 4.79 Å². The SMILES string of the molecule is CCCNc1ncc(CN2CCn3nc(CNC(=O)N(C)C)cc3C2)cn1. The van der Waals surface area contributed by atoms with Crippen LogP contribution in [0.4, 0.5) is 10.7 Å². The molecule has 2 amide bonds. The fourth-order valence-electron chi connectivity index (χ4n) is 2.95. The van der Waals surface area contributed by atoms with Crippen LogP contribution in [0.5, 0.6) is 0 Å². The quantitative estimate of drug-likeness (QED) is 0.761. The summed E-state index contributed by atoms with van der Waals surface area (Å²) < 4.78 is 2.03. The first-order valence-electron chi connectivity index (χ1n) is 9.33. The second-order valence-electron chi connectivity index (χ2n) is 6.96. The summed E-state index contributed by atoms with van der Waals surface area (Å²) in [5, 5.41) is 10.6. The van der Waals surface area contributed by atoms with Gasteiger partial charge in [-0.2, -0.15) is 5.10 Å². The number of aromatic nitrogens is 4. The van der Waals surface area contributed by atoms with Gasteiger partial charge in [0.25, 0.3) is 0 Å². The summed E-state index contributed by atoms with van der Waals surface area (Å²) in [6.45, 7) is 6.84. The van der Waals surface area contributed by atoms with Gasteiger partial charge in [0.1, 0.15) is 0 Å². The van der Waals surface area contributed by atoms with Gasteiger partial charge in [0.15, 0.2) is 0 Å². The fourth-order valence-corrected chi connectivity index (χ4v) is 2.95. The molecule has 2 N–H and O–H groups in total. The van der Waals surface area contributed by atoms with Crippen LogP contribution in [-0.4, -0.2) is 62.8 Å². The minimum atomic E-state index is -0.112. The molecule has 1 aliphatic heterocycles. The molecule has 9 heteroatoms. The largest absolute Gasteiger partial charge is 0.354 e. The zero-order chi connectivity index (χ0) is 19.2. The maximum absolute atomic E-state index is 11.7. The Morgan fingerprint density at radius 1 is 1.26 bits per heavy atom. The molecule has 3 rings (SSSR count). The van der Waals surface area contributed by atoms with E-state index >= 15 is 0 Å². The van der Waals surface area contributed by atoms with Crippen molar-refractivity contribution in [2.24, 2.45) is 0 Å². The molecule has 0 spiro atoms. The van der Waals surface area contributed by atoms with Crippen LogP contribution in [-0.2, 0) is 26.2 Å². The highest BCUT2D eigenvalue weighted by Crippen LogP contribution is 2.16. The molecule has 0 fully saturated rings. The van der Waals surface area contributed by atoms with E-state index in [0.717, 1.165) is 56.1 Å². The Bertz CT molecular complexity index is 755. The third-order valence-electron chi connectivity index (χ3n) is 4.40. The van der Waals surface area contributed by atoms with Gasteiger partial charge in [0.05, 0.1) is 24.5 Å². The molecule has 2 aromatic rings. The minimum Gasteiger partial charge on any atom is -0.354 e. The third-order valence-corrected chi connectivity index (χ3v) is 4.40. The van der Waals surface area contributed by atoms with E-state index in [0.29, 0.717) is 12.5 Å². The lowest BCUT2D eigenvalue weighted by Crippen LogP contribution is -2.34. The number of nitrogens with zero attached hydrogens (tertiary/aromatic N) is 6. The van der Waals surface area contributed by atoms with E-state index in [1.165, 1.54) is 4.90 Å². The van der Waals surface area contributed by atoms with Crippen molar-refractivity contribution in [2.75, 3.05) is 32.5 Å². The average molecular weight is 372 g/mol. The predicted molar refractivity (Wildman–Crippen MR) is 103 cm³/mol. The second kappa shape index (κ2) is 8.81. The highest BCUT2D eigenvalue weighted by Gasteiger charge is 2.19. The number of rotatable bonds is 7. The van der Waals surface area contributed by atoms with Gasteiger partial charge in [-0.15, -0.1) is 0 Å². The Morgan fingerprint density at radius 3 is 2.74 bits per heavy atom. The molecule has 2 aromatic heterocycles. The Hall–Kier alpha value is -2.68. The molecule has 0 atom stereocenters. The van der Waals surface area contributed by atoms with E-state index in [4.69, 9.17) is 0 Å². The number of fused-ring (bicyclic) bond motifs is 1. The van der Waals surface area contributed by atoms with Crippen LogP contribution in [0.15, 0.2) is 18.5 Å². The molecule has 3 heterocycles. The number of amides is 2. The predicted octanol–water partition coefficient (Wildman–Crippen LogP) is 1.28. The Morgan fingerprint density at radius 2 is 2.04 bits per heavy atom. The van der Waals surface area contributed by atoms with Crippen molar-refractivity contribution in [3.8, 4) is 0 Å². The van der Waals surface area contributed by atoms with Gasteiger partial charge in [-0.25, -0.2) is 14.8 Å². The summed E-state index contributed by atoms with van der Waals surface area (Å²) in [5.74, 6) is 0.682. The Balaban J connectivity index is 1.54. The van der Waals surface area contributed by atoms with Crippen LogP contribution < -0.4 is 10.6 Å². The first kappa shape index (κ1) is 19.1. The summed E-state index contributed by atoms with van der Waals surface area (Å²) in [6, 6.07) is 1.95. The lowest BCUT2D eigenvalue weighted by atomic mass is 10.2. The summed E-state index contributed by atoms with van der Waals surface area (Å²) >= 11 is 0. The topological polar surface area (TPSA) is 91.2 Å². The van der Waals surface area contributed by atoms with Crippen molar-refractivity contribution >= 4 is 12.0 Å². The fraction of sp³-hybridized carbons (Fsp3) is 0.556. The molecule has 0 saturated carbocycles. The molecule has 0 radical (unpaired) electrons. The van der Waals surface area contributed by atoms with Gasteiger partial charge in [-0.1, -0.05) is 6.92 Å². The van der Waals surface area contributed by atoms with Crippen molar-refractivity contribution in [1.29, 1.82) is 0 Å². The summed E-state index contributed by atoms with van der Waals surface area (Å²) in [5.41, 5.74) is 3.15. The van der Waals surface area contributed by atoms with Crippen molar-refractivity contribution in [3.05, 3.63) is 35.4 Å². The normalized spacial score (nSPS) is 13.9. The van der Waals surface area contributed by atoms with E-state index < -0.39 is 0 Å². The van der Waals surface area contributed by atoms with Crippen LogP contribution in [0.3, 0.4) is 0 Å². The molecule has 0 aromatic carbocycles. The van der Waals surface area contributed by atoms with E-state index in [-0.39, 0.29) is 6.03 Å². The molecule has 146 valence electrons. The number of anilines is 1. The van der Waals surface area contributed by atoms with Crippen LogP contribution in [0.25, 0.3) is 0 Å². The highest BCUT2D eigenvalue weighted by molar-refractivity contribution is 5.73. The number of hydrogen-bond acceptors (Lipinski definition) is 6. The molecular formula is C18H28N8O. The van der Waals surface area contributed by atoms with Crippen molar-refractivity contribution in [1.82, 2.24) is 34.9 Å². The highest BCUT2D eigenvalue weighted by atomic mass is 16.2. The molecule has 27 heavy (non-hydrogen) atoms. The van der Waals surface area contributed by atoms with Crippen LogP contribution in [0, 0.1) is 0 Å². The van der Waals surface area contributed by atoms with Crippen LogP contribution in [0.1, 0.15) is 30.3 Å². The molecule has 1 aliphatic rings. The molecule has 0 bridgehead atoms. The van der Waals surface area contributed by atoms with E-state index in [1.807, 2.05) is 17.1 Å². The van der Waals surface area contributed by atoms with E-state index in [2.05, 4.69) is 43.6 Å². The van der Waals surface area contributed by atoms with Crippen LogP contribution >= 0.6 is 0 Å². The maximum Gasteiger partial charge on any atom is 0.317 e. The Kier molecular flexibility index (Phi) is 6.23. The van der Waals surface area contributed by atoms with E-state index in [1.54, 1.807) is 14.1 Å². The van der Waals surface area contributed by atoms with Gasteiger partial charge in [0.2, 0.25) is 5.95 Å². The second-order valence-corrected chi connectivity index (χ2v) is 6.96. The van der Waals surface area contributed by atoms with Gasteiger partial charge >= 0.3 is 6.03 Å². The summed E-state index contributed by atoms with van der Waals surface area (Å²) in [4.78, 5) is 24.3. The van der Waals surface area contributed by atoms with Crippen molar-refractivity contribution in [3.63, 3.8) is 0 Å². The number of nitrogens with one attached hydrogen (secondary N) is 2. The van der Waals surface area contributed by atoms with Gasteiger partial charge in [0, 0.05) is 58.2 Å². The molecule has 0 unspecified atom stereocenters. The number of carbonyl (C=O) groups excluding carboxylic acids is 1. The lowest BCUT2D eigenvalue weighted by molar-refractivity contribution is 0.204. The van der Waals surface area contributed by atoms with Gasteiger partial charge < -0.3 is 15.5 Å². The molecule has 9 nitrogen and oxygen atoms in total. The molecule has 0 aliphatic carbocycles. The number of carbonyl (C=O) groups is 1. The van der Waals surface area contributed by atoms with Crippen LogP contribution in [0.2, 0.25) is 0 Å². The van der Waals surface area contributed by atoms with Crippen molar-refractivity contribution < 1.29 is 4.79 Å². The van der Waals surface area contributed by atoms with Gasteiger partial charge in [-0.3, -0.25) is 9.58 Å². The standard InChI is InChI=1S/C18H28N8O/c1-4-5-19-17-20-9-14(10-21-17)12-25-6-7-26-16(13-25)8-15(23-26)11-22-18(27)24(2)3/h8-10H,4-7,11-13H2,1-3H3,(H,22,27)(H,19,20,21). The number of urea groups is 1. The van der Waals surface area contributed by atoms with Crippen molar-refractivity contribution in [2.45, 2.75) is 39.5 Å². The summed E-state index contributed by atoms with van der Waals surface area (Å²) in [7, 11) is 3.45. The van der Waals surface area contributed by atoms with Gasteiger partial charge in [-0.05, 0) is 12.5 Å². The monoisotopic (exact) mass is 372 g/mol. The average Bonchev–Trinajstić information content (AvgIpc) is 3.07. The summed E-state index contributed by atoms with van der Waals surface area (Å²) in [6.07, 6.45) is 4.82. The maximum atomic E-state index is 11.7. The molecular weight excluding hydrogens is 344 g/mol. The number of hydrogen-bond donors (Lipinski definition) is 2. The first-order valence-corrected chi connectivity index (χ1v) is 9.33. The smallest absolute Gasteiger partial charge is 0.317 e. The minimum absolute atomic E-state index is 0.112. The zero-order valence-electron chi connectivity index (χ0n) is 16.3. The first-order chi connectivity index (χ1) is 13.0. The lowest BCUT2D eigenvalue weighted by Gasteiger charge is -2.27.